The molecule has 0 atom stereocenters. The number of aromatic nitrogens is 2. The van der Waals surface area contributed by atoms with Crippen LogP contribution in [0.25, 0.3) is 20.3 Å². The molecule has 0 unspecified atom stereocenters. The van der Waals surface area contributed by atoms with Gasteiger partial charge in [0.2, 0.25) is 0 Å². The number of nitrogens with one attached hydrogen (secondary N) is 1. The minimum absolute atomic E-state index is 0.0462. The Kier molecular flexibility index (Phi) is 8.86. The van der Waals surface area contributed by atoms with Gasteiger partial charge >= 0.3 is 0 Å². The molecule has 5 rings (SSSR count). The fourth-order valence-electron chi connectivity index (χ4n) is 4.00. The van der Waals surface area contributed by atoms with Gasteiger partial charge in [0.1, 0.15) is 16.4 Å². The predicted octanol–water partition coefficient (Wildman–Crippen LogP) is 5.52. The second-order valence-corrected chi connectivity index (χ2v) is 8.26. The van der Waals surface area contributed by atoms with E-state index in [1.54, 1.807) is 18.4 Å². The van der Waals surface area contributed by atoms with Crippen LogP contribution in [-0.2, 0) is 6.54 Å². The van der Waals surface area contributed by atoms with E-state index < -0.39 is 0 Å². The molecule has 0 spiro atoms. The quantitative estimate of drug-likeness (QED) is 0.429. The first-order valence-electron chi connectivity index (χ1n) is 11.7. The highest BCUT2D eigenvalue weighted by molar-refractivity contribution is 7.25. The monoisotopic (exact) mass is 466 g/mol. The van der Waals surface area contributed by atoms with Crippen LogP contribution < -0.4 is 15.2 Å². The molecule has 0 saturated carbocycles. The Labute approximate surface area is 199 Å². The van der Waals surface area contributed by atoms with Crippen molar-refractivity contribution in [3.05, 3.63) is 64.7 Å². The summed E-state index contributed by atoms with van der Waals surface area (Å²) in [4.78, 5) is 26.0. The molecule has 176 valence electrons. The van der Waals surface area contributed by atoms with Gasteiger partial charge < -0.3 is 14.6 Å². The fraction of sp³-hybridized carbons (Fsp3) is 0.385. The van der Waals surface area contributed by atoms with Gasteiger partial charge in [-0.2, -0.15) is 0 Å². The van der Waals surface area contributed by atoms with Crippen molar-refractivity contribution in [2.45, 2.75) is 34.2 Å². The molecule has 2 aromatic heterocycles. The highest BCUT2D eigenvalue weighted by atomic mass is 32.1. The number of para-hydroxylation sites is 2. The Bertz CT molecular complexity index is 1230. The van der Waals surface area contributed by atoms with Crippen LogP contribution in [0, 0.1) is 0 Å². The number of H-pyrrole nitrogens is 1. The first-order chi connectivity index (χ1) is 16.2. The third-order valence-electron chi connectivity index (χ3n) is 5.47. The number of fused-ring (bicyclic) bond motifs is 3. The molecule has 4 aromatic rings. The molecule has 7 heteroatoms. The van der Waals surface area contributed by atoms with E-state index in [9.17, 15) is 4.79 Å². The number of aromatic amines is 1. The Hall–Kier alpha value is -2.90. The van der Waals surface area contributed by atoms with Gasteiger partial charge in [0.25, 0.3) is 5.56 Å². The summed E-state index contributed by atoms with van der Waals surface area (Å²) in [6.45, 7) is 12.3. The minimum Gasteiger partial charge on any atom is -0.495 e. The molecule has 1 saturated heterocycles. The lowest BCUT2D eigenvalue weighted by molar-refractivity contribution is 0.243. The van der Waals surface area contributed by atoms with Gasteiger partial charge in [-0.05, 0) is 18.2 Å². The van der Waals surface area contributed by atoms with Crippen LogP contribution in [0.4, 0.5) is 5.69 Å². The summed E-state index contributed by atoms with van der Waals surface area (Å²) < 4.78 is 6.60. The Morgan fingerprint density at radius 1 is 0.970 bits per heavy atom. The van der Waals surface area contributed by atoms with Crippen LogP contribution >= 0.6 is 11.3 Å². The van der Waals surface area contributed by atoms with Crippen LogP contribution in [0.2, 0.25) is 0 Å². The largest absolute Gasteiger partial charge is 0.495 e. The van der Waals surface area contributed by atoms with Crippen molar-refractivity contribution in [1.82, 2.24) is 14.9 Å². The molecule has 1 aliphatic rings. The van der Waals surface area contributed by atoms with Crippen LogP contribution in [0.5, 0.6) is 5.75 Å². The number of rotatable bonds is 4. The van der Waals surface area contributed by atoms with E-state index >= 15 is 0 Å². The van der Waals surface area contributed by atoms with Gasteiger partial charge in [0.05, 0.1) is 24.7 Å². The van der Waals surface area contributed by atoms with Crippen molar-refractivity contribution in [3.63, 3.8) is 0 Å². The molecule has 6 nitrogen and oxygen atoms in total. The maximum absolute atomic E-state index is 12.7. The normalized spacial score (nSPS) is 13.8. The number of methoxy groups -OCH3 is 1. The Morgan fingerprint density at radius 3 is 2.36 bits per heavy atom. The van der Waals surface area contributed by atoms with Crippen molar-refractivity contribution in [1.29, 1.82) is 0 Å². The molecule has 0 amide bonds. The molecule has 0 aliphatic carbocycles. The number of nitrogens with zero attached hydrogens (tertiary/aromatic N) is 3. The smallest absolute Gasteiger partial charge is 0.260 e. The number of hydrogen-bond donors (Lipinski definition) is 1. The highest BCUT2D eigenvalue weighted by Gasteiger charge is 2.21. The Morgan fingerprint density at radius 2 is 1.64 bits per heavy atom. The molecule has 2 aromatic carbocycles. The zero-order valence-corrected chi connectivity index (χ0v) is 21.0. The molecule has 3 heterocycles. The molecule has 1 N–H and O–H groups in total. The zero-order chi connectivity index (χ0) is 23.8. The number of hydrogen-bond acceptors (Lipinski definition) is 6. The molecule has 33 heavy (non-hydrogen) atoms. The topological polar surface area (TPSA) is 61.5 Å². The second kappa shape index (κ2) is 11.8. The number of thiophene rings is 1. The SMILES string of the molecule is CC.CC.COc1ccccc1N1CCN(Cc2nc3sc4ccccc4c3c(=O)[nH]2)CC1. The average molecular weight is 467 g/mol. The summed E-state index contributed by atoms with van der Waals surface area (Å²) >= 11 is 1.58. The van der Waals surface area contributed by atoms with Crippen molar-refractivity contribution in [3.8, 4) is 5.75 Å². The summed E-state index contributed by atoms with van der Waals surface area (Å²) in [5.41, 5.74) is 1.09. The van der Waals surface area contributed by atoms with Crippen molar-refractivity contribution in [2.75, 3.05) is 38.2 Å². The highest BCUT2D eigenvalue weighted by Crippen LogP contribution is 2.30. The summed E-state index contributed by atoms with van der Waals surface area (Å²) in [6.07, 6.45) is 0. The van der Waals surface area contributed by atoms with Crippen LogP contribution in [0.3, 0.4) is 0 Å². The summed E-state index contributed by atoms with van der Waals surface area (Å²) in [5, 5.41) is 1.69. The second-order valence-electron chi connectivity index (χ2n) is 7.23. The van der Waals surface area contributed by atoms with E-state index in [0.717, 1.165) is 58.4 Å². The minimum atomic E-state index is -0.0462. The Balaban J connectivity index is 0.000000728. The maximum Gasteiger partial charge on any atom is 0.260 e. The van der Waals surface area contributed by atoms with E-state index in [-0.39, 0.29) is 5.56 Å². The lowest BCUT2D eigenvalue weighted by atomic mass is 10.2. The van der Waals surface area contributed by atoms with Crippen LogP contribution in [-0.4, -0.2) is 48.2 Å². The van der Waals surface area contributed by atoms with E-state index in [1.807, 2.05) is 70.2 Å². The van der Waals surface area contributed by atoms with E-state index in [4.69, 9.17) is 9.72 Å². The molecule has 0 radical (unpaired) electrons. The van der Waals surface area contributed by atoms with Crippen molar-refractivity contribution < 1.29 is 4.74 Å². The average Bonchev–Trinajstić information content (AvgIpc) is 3.26. The summed E-state index contributed by atoms with van der Waals surface area (Å²) in [6, 6.07) is 16.1. The van der Waals surface area contributed by atoms with Gasteiger partial charge in [-0.15, -0.1) is 11.3 Å². The van der Waals surface area contributed by atoms with Crippen LogP contribution in [0.1, 0.15) is 33.5 Å². The fourth-order valence-corrected chi connectivity index (χ4v) is 5.09. The zero-order valence-electron chi connectivity index (χ0n) is 20.2. The first kappa shape index (κ1) is 24.7. The van der Waals surface area contributed by atoms with Crippen molar-refractivity contribution >= 4 is 37.3 Å². The first-order valence-corrected chi connectivity index (χ1v) is 12.6. The van der Waals surface area contributed by atoms with E-state index in [0.29, 0.717) is 11.9 Å². The third-order valence-corrected chi connectivity index (χ3v) is 6.53. The summed E-state index contributed by atoms with van der Waals surface area (Å²) in [7, 11) is 1.71. The molecule has 0 bridgehead atoms. The maximum atomic E-state index is 12.7. The molecular formula is C26H34N4O2S. The van der Waals surface area contributed by atoms with Gasteiger partial charge in [0.15, 0.2) is 0 Å². The number of anilines is 1. The van der Waals surface area contributed by atoms with Gasteiger partial charge in [-0.3, -0.25) is 9.69 Å². The van der Waals surface area contributed by atoms with E-state index in [2.05, 4.69) is 20.9 Å². The number of ether oxygens (including phenoxy) is 1. The molecule has 1 fully saturated rings. The van der Waals surface area contributed by atoms with Gasteiger partial charge in [-0.1, -0.05) is 58.0 Å². The number of benzene rings is 2. The van der Waals surface area contributed by atoms with Gasteiger partial charge in [0, 0.05) is 36.3 Å². The van der Waals surface area contributed by atoms with Crippen LogP contribution in [0.15, 0.2) is 53.3 Å². The summed E-state index contributed by atoms with van der Waals surface area (Å²) in [5.74, 6) is 1.64. The molecular weight excluding hydrogens is 432 g/mol. The predicted molar refractivity (Wildman–Crippen MR) is 141 cm³/mol. The standard InChI is InChI=1S/C22H22N4O2S.2C2H6/c1-28-17-8-4-3-7-16(17)26-12-10-25(11-13-26)14-19-23-21(27)20-15-6-2-5-9-18(15)29-22(20)24-19;2*1-2/h2-9H,10-14H2,1H3,(H,23,24,27);2*1-2H3. The van der Waals surface area contributed by atoms with E-state index in [1.165, 1.54) is 0 Å². The third kappa shape index (κ3) is 5.37. The lowest BCUT2D eigenvalue weighted by Crippen LogP contribution is -2.46. The lowest BCUT2D eigenvalue weighted by Gasteiger charge is -2.36. The van der Waals surface area contributed by atoms with Crippen molar-refractivity contribution in [2.24, 2.45) is 0 Å². The van der Waals surface area contributed by atoms with Gasteiger partial charge in [-0.25, -0.2) is 4.98 Å². The molecule has 1 aliphatic heterocycles. The number of piperazine rings is 1.